The average Bonchev–Trinajstić information content (AvgIpc) is 2.27. The number of nitrogens with zero attached hydrogens (tertiary/aromatic N) is 1. The van der Waals surface area contributed by atoms with E-state index in [-0.39, 0.29) is 5.84 Å². The maximum absolute atomic E-state index is 7.44. The van der Waals surface area contributed by atoms with Crippen molar-refractivity contribution in [2.45, 2.75) is 32.7 Å². The van der Waals surface area contributed by atoms with Crippen LogP contribution in [0.1, 0.15) is 32.3 Å². The second-order valence-electron chi connectivity index (χ2n) is 4.33. The lowest BCUT2D eigenvalue weighted by Gasteiger charge is -2.27. The minimum Gasteiger partial charge on any atom is -0.384 e. The van der Waals surface area contributed by atoms with E-state index in [0.29, 0.717) is 6.04 Å². The Morgan fingerprint density at radius 3 is 2.65 bits per heavy atom. The molecule has 1 atom stereocenters. The molecular formula is C13H20BrN3. The van der Waals surface area contributed by atoms with Crippen molar-refractivity contribution >= 4 is 27.5 Å². The fraction of sp³-hybridized carbons (Fsp3) is 0.462. The van der Waals surface area contributed by atoms with Crippen molar-refractivity contribution in [1.29, 1.82) is 5.41 Å². The second-order valence-corrected chi connectivity index (χ2v) is 5.18. The third kappa shape index (κ3) is 3.46. The number of nitrogens with two attached hydrogens (primary N) is 1. The van der Waals surface area contributed by atoms with Gasteiger partial charge in [0.05, 0.1) is 0 Å². The molecule has 0 aliphatic heterocycles. The molecule has 1 aromatic carbocycles. The number of nitrogens with one attached hydrogen (secondary N) is 1. The smallest absolute Gasteiger partial charge is 0.123 e. The van der Waals surface area contributed by atoms with E-state index in [9.17, 15) is 0 Å². The van der Waals surface area contributed by atoms with Crippen molar-refractivity contribution in [1.82, 2.24) is 0 Å². The molecule has 0 heterocycles. The van der Waals surface area contributed by atoms with Crippen LogP contribution in [0.2, 0.25) is 0 Å². The van der Waals surface area contributed by atoms with E-state index in [0.717, 1.165) is 15.7 Å². The third-order valence-electron chi connectivity index (χ3n) is 3.02. The molecule has 1 rings (SSSR count). The van der Waals surface area contributed by atoms with Gasteiger partial charge in [0.2, 0.25) is 0 Å². The van der Waals surface area contributed by atoms with Crippen molar-refractivity contribution in [2.75, 3.05) is 11.9 Å². The van der Waals surface area contributed by atoms with Crippen molar-refractivity contribution in [2.24, 2.45) is 5.73 Å². The molecule has 0 saturated carbocycles. The summed E-state index contributed by atoms with van der Waals surface area (Å²) < 4.78 is 0.873. The lowest BCUT2D eigenvalue weighted by Crippen LogP contribution is -2.28. The van der Waals surface area contributed by atoms with Gasteiger partial charge in [-0.1, -0.05) is 13.3 Å². The molecule has 3 N–H and O–H groups in total. The molecule has 0 aliphatic rings. The van der Waals surface area contributed by atoms with Crippen molar-refractivity contribution in [3.63, 3.8) is 0 Å². The molecule has 4 heteroatoms. The van der Waals surface area contributed by atoms with E-state index in [1.54, 1.807) is 0 Å². The first-order valence-electron chi connectivity index (χ1n) is 5.84. The van der Waals surface area contributed by atoms with Crippen LogP contribution in [0.15, 0.2) is 22.7 Å². The summed E-state index contributed by atoms with van der Waals surface area (Å²) in [5.41, 5.74) is 7.37. The molecule has 94 valence electrons. The lowest BCUT2D eigenvalue weighted by atomic mass is 10.1. The molecular weight excluding hydrogens is 278 g/mol. The molecule has 0 fully saturated rings. The summed E-state index contributed by atoms with van der Waals surface area (Å²) in [6.07, 6.45) is 2.35. The van der Waals surface area contributed by atoms with E-state index in [1.165, 1.54) is 12.8 Å². The van der Waals surface area contributed by atoms with E-state index < -0.39 is 0 Å². The topological polar surface area (TPSA) is 53.1 Å². The molecule has 0 aromatic heterocycles. The maximum atomic E-state index is 7.44. The lowest BCUT2D eigenvalue weighted by molar-refractivity contribution is 0.616. The molecule has 0 saturated heterocycles. The Morgan fingerprint density at radius 1 is 1.53 bits per heavy atom. The van der Waals surface area contributed by atoms with Crippen LogP contribution in [0.25, 0.3) is 0 Å². The Labute approximate surface area is 112 Å². The second kappa shape index (κ2) is 6.05. The number of hydrogen-bond acceptors (Lipinski definition) is 2. The highest BCUT2D eigenvalue weighted by molar-refractivity contribution is 9.10. The zero-order chi connectivity index (χ0) is 13.0. The summed E-state index contributed by atoms with van der Waals surface area (Å²) in [6.45, 7) is 4.41. The number of benzene rings is 1. The molecule has 0 aliphatic carbocycles. The van der Waals surface area contributed by atoms with Gasteiger partial charge in [-0.15, -0.1) is 0 Å². The van der Waals surface area contributed by atoms with Gasteiger partial charge < -0.3 is 10.6 Å². The number of amidine groups is 1. The first kappa shape index (κ1) is 14.0. The minimum absolute atomic E-state index is 0.0904. The van der Waals surface area contributed by atoms with Crippen LogP contribution in [-0.4, -0.2) is 18.9 Å². The Kier molecular flexibility index (Phi) is 5.00. The molecule has 1 aromatic rings. The van der Waals surface area contributed by atoms with E-state index in [2.05, 4.69) is 41.7 Å². The Morgan fingerprint density at radius 2 is 2.18 bits per heavy atom. The van der Waals surface area contributed by atoms with Crippen LogP contribution in [-0.2, 0) is 0 Å². The largest absolute Gasteiger partial charge is 0.384 e. The predicted octanol–water partition coefficient (Wildman–Crippen LogP) is 3.36. The monoisotopic (exact) mass is 297 g/mol. The SMILES string of the molecule is CCCC(C)N(C)c1ccc(C(=N)N)c(Br)c1. The molecule has 3 nitrogen and oxygen atoms in total. The maximum Gasteiger partial charge on any atom is 0.123 e. The molecule has 0 bridgehead atoms. The molecule has 0 spiro atoms. The minimum atomic E-state index is 0.0904. The standard InChI is InChI=1S/C13H20BrN3/c1-4-5-9(2)17(3)10-6-7-11(13(15)16)12(14)8-10/h6-9H,4-5H2,1-3H3,(H3,15,16). The van der Waals surface area contributed by atoms with Crippen molar-refractivity contribution in [3.05, 3.63) is 28.2 Å². The average molecular weight is 298 g/mol. The Hall–Kier alpha value is -1.03. The van der Waals surface area contributed by atoms with Gasteiger partial charge in [-0.25, -0.2) is 0 Å². The van der Waals surface area contributed by atoms with E-state index >= 15 is 0 Å². The van der Waals surface area contributed by atoms with Crippen LogP contribution in [0, 0.1) is 5.41 Å². The van der Waals surface area contributed by atoms with E-state index in [4.69, 9.17) is 11.1 Å². The zero-order valence-corrected chi connectivity index (χ0v) is 12.2. The van der Waals surface area contributed by atoms with Crippen molar-refractivity contribution in [3.8, 4) is 0 Å². The highest BCUT2D eigenvalue weighted by atomic mass is 79.9. The normalized spacial score (nSPS) is 12.2. The number of rotatable bonds is 5. The van der Waals surface area contributed by atoms with Gasteiger partial charge in [0, 0.05) is 28.8 Å². The predicted molar refractivity (Wildman–Crippen MR) is 77.9 cm³/mol. The van der Waals surface area contributed by atoms with E-state index in [1.807, 2.05) is 18.2 Å². The Bertz CT molecular complexity index is 404. The first-order valence-corrected chi connectivity index (χ1v) is 6.63. The third-order valence-corrected chi connectivity index (χ3v) is 3.67. The quantitative estimate of drug-likeness (QED) is 0.647. The van der Waals surface area contributed by atoms with Gasteiger partial charge >= 0.3 is 0 Å². The summed E-state index contributed by atoms with van der Waals surface area (Å²) in [7, 11) is 2.09. The summed E-state index contributed by atoms with van der Waals surface area (Å²) in [4.78, 5) is 2.25. The van der Waals surface area contributed by atoms with Gasteiger partial charge in [0.15, 0.2) is 0 Å². The van der Waals surface area contributed by atoms with Gasteiger partial charge in [0.25, 0.3) is 0 Å². The summed E-state index contributed by atoms with van der Waals surface area (Å²) in [6, 6.07) is 6.42. The number of nitrogen functional groups attached to an aromatic ring is 1. The molecule has 1 unspecified atom stereocenters. The zero-order valence-electron chi connectivity index (χ0n) is 10.6. The van der Waals surface area contributed by atoms with Gasteiger partial charge in [-0.3, -0.25) is 5.41 Å². The van der Waals surface area contributed by atoms with Crippen molar-refractivity contribution < 1.29 is 0 Å². The van der Waals surface area contributed by atoms with Crippen LogP contribution >= 0.6 is 15.9 Å². The fourth-order valence-corrected chi connectivity index (χ4v) is 2.39. The highest BCUT2D eigenvalue weighted by Gasteiger charge is 2.11. The van der Waals surface area contributed by atoms with Crippen LogP contribution in [0.4, 0.5) is 5.69 Å². The highest BCUT2D eigenvalue weighted by Crippen LogP contribution is 2.25. The number of anilines is 1. The summed E-state index contributed by atoms with van der Waals surface area (Å²) in [5, 5.41) is 7.44. The molecule has 0 amide bonds. The van der Waals surface area contributed by atoms with Gasteiger partial charge in [-0.2, -0.15) is 0 Å². The van der Waals surface area contributed by atoms with Gasteiger partial charge in [-0.05, 0) is 47.5 Å². The first-order chi connectivity index (χ1) is 7.97. The molecule has 17 heavy (non-hydrogen) atoms. The Balaban J connectivity index is 2.93. The summed E-state index contributed by atoms with van der Waals surface area (Å²) >= 11 is 3.46. The number of halogens is 1. The van der Waals surface area contributed by atoms with Crippen LogP contribution < -0.4 is 10.6 Å². The fourth-order valence-electron chi connectivity index (χ4n) is 1.81. The summed E-state index contributed by atoms with van der Waals surface area (Å²) in [5.74, 6) is 0.0904. The van der Waals surface area contributed by atoms with Gasteiger partial charge in [0.1, 0.15) is 5.84 Å². The van der Waals surface area contributed by atoms with Crippen LogP contribution in [0.5, 0.6) is 0 Å². The number of hydrogen-bond donors (Lipinski definition) is 2. The van der Waals surface area contributed by atoms with Crippen LogP contribution in [0.3, 0.4) is 0 Å². The molecule has 0 radical (unpaired) electrons.